The van der Waals surface area contributed by atoms with Gasteiger partial charge >= 0.3 is 6.03 Å². The Morgan fingerprint density at radius 3 is 3.04 bits per heavy atom. The lowest BCUT2D eigenvalue weighted by atomic mass is 9.96. The summed E-state index contributed by atoms with van der Waals surface area (Å²) in [4.78, 5) is 16.2. The SMILES string of the molecule is CN(Cc1noc2c1CCCC2)C(=O)NCC1CCN(c2ccccc2F)C1. The Bertz CT molecular complexity index is 838. The Kier molecular flexibility index (Phi) is 5.50. The van der Waals surface area contributed by atoms with Gasteiger partial charge in [0.2, 0.25) is 0 Å². The summed E-state index contributed by atoms with van der Waals surface area (Å²) in [6.45, 7) is 2.60. The molecule has 28 heavy (non-hydrogen) atoms. The first-order chi connectivity index (χ1) is 13.6. The topological polar surface area (TPSA) is 61.6 Å². The molecular formula is C21H27FN4O2. The maximum Gasteiger partial charge on any atom is 0.317 e. The number of carbonyl (C=O) groups excluding carboxylic acids is 1. The number of rotatable bonds is 5. The van der Waals surface area contributed by atoms with Gasteiger partial charge in [0, 0.05) is 38.7 Å². The van der Waals surface area contributed by atoms with E-state index < -0.39 is 0 Å². The minimum Gasteiger partial charge on any atom is -0.369 e. The third kappa shape index (κ3) is 3.98. The number of hydrogen-bond acceptors (Lipinski definition) is 4. The lowest BCUT2D eigenvalue weighted by Gasteiger charge is -2.21. The van der Waals surface area contributed by atoms with E-state index in [-0.39, 0.29) is 11.8 Å². The molecule has 1 fully saturated rings. The summed E-state index contributed by atoms with van der Waals surface area (Å²) in [6.07, 6.45) is 5.16. The number of carbonyl (C=O) groups is 1. The number of benzene rings is 1. The number of nitrogens with one attached hydrogen (secondary N) is 1. The summed E-state index contributed by atoms with van der Waals surface area (Å²) < 4.78 is 19.4. The molecule has 2 amide bonds. The van der Waals surface area contributed by atoms with Crippen LogP contribution in [0.25, 0.3) is 0 Å². The number of anilines is 1. The van der Waals surface area contributed by atoms with Gasteiger partial charge < -0.3 is 19.6 Å². The maximum absolute atomic E-state index is 14.0. The van der Waals surface area contributed by atoms with Crippen LogP contribution in [0.4, 0.5) is 14.9 Å². The molecule has 7 heteroatoms. The Balaban J connectivity index is 1.26. The zero-order valence-corrected chi connectivity index (χ0v) is 16.3. The molecule has 1 unspecified atom stereocenters. The number of fused-ring (bicyclic) bond motifs is 1. The molecule has 0 saturated carbocycles. The molecule has 1 saturated heterocycles. The number of amides is 2. The molecule has 1 aromatic carbocycles. The second kappa shape index (κ2) is 8.20. The van der Waals surface area contributed by atoms with Crippen molar-refractivity contribution >= 4 is 11.7 Å². The van der Waals surface area contributed by atoms with Gasteiger partial charge in [-0.1, -0.05) is 17.3 Å². The van der Waals surface area contributed by atoms with Crippen molar-refractivity contribution in [2.75, 3.05) is 31.6 Å². The van der Waals surface area contributed by atoms with E-state index in [2.05, 4.69) is 15.4 Å². The number of aromatic nitrogens is 1. The maximum atomic E-state index is 14.0. The average Bonchev–Trinajstić information content (AvgIpc) is 3.34. The van der Waals surface area contributed by atoms with Gasteiger partial charge in [-0.2, -0.15) is 0 Å². The molecule has 2 aromatic rings. The van der Waals surface area contributed by atoms with Crippen LogP contribution in [0, 0.1) is 11.7 Å². The van der Waals surface area contributed by atoms with Crippen LogP contribution in [0.3, 0.4) is 0 Å². The summed E-state index contributed by atoms with van der Waals surface area (Å²) in [5, 5.41) is 7.18. The van der Waals surface area contributed by atoms with Crippen molar-refractivity contribution in [2.24, 2.45) is 5.92 Å². The van der Waals surface area contributed by atoms with E-state index in [4.69, 9.17) is 4.52 Å². The number of aryl methyl sites for hydroxylation is 1. The first-order valence-corrected chi connectivity index (χ1v) is 10.1. The highest BCUT2D eigenvalue weighted by atomic mass is 19.1. The van der Waals surface area contributed by atoms with Crippen molar-refractivity contribution in [1.29, 1.82) is 0 Å². The third-order valence-electron chi connectivity index (χ3n) is 5.79. The van der Waals surface area contributed by atoms with Gasteiger partial charge in [0.25, 0.3) is 0 Å². The minimum atomic E-state index is -0.192. The molecule has 1 atom stereocenters. The number of nitrogens with zero attached hydrogens (tertiary/aromatic N) is 3. The lowest BCUT2D eigenvalue weighted by molar-refractivity contribution is 0.204. The van der Waals surface area contributed by atoms with Crippen molar-refractivity contribution < 1.29 is 13.7 Å². The zero-order chi connectivity index (χ0) is 19.5. The van der Waals surface area contributed by atoms with E-state index in [0.717, 1.165) is 56.6 Å². The van der Waals surface area contributed by atoms with Crippen molar-refractivity contribution in [2.45, 2.75) is 38.6 Å². The summed E-state index contributed by atoms with van der Waals surface area (Å²) >= 11 is 0. The predicted octanol–water partition coefficient (Wildman–Crippen LogP) is 3.36. The summed E-state index contributed by atoms with van der Waals surface area (Å²) in [5.74, 6) is 1.11. The highest BCUT2D eigenvalue weighted by molar-refractivity contribution is 5.73. The van der Waals surface area contributed by atoms with Crippen LogP contribution in [-0.2, 0) is 19.4 Å². The van der Waals surface area contributed by atoms with Gasteiger partial charge in [0.1, 0.15) is 17.3 Å². The molecule has 1 aliphatic heterocycles. The first-order valence-electron chi connectivity index (χ1n) is 10.1. The van der Waals surface area contributed by atoms with E-state index in [0.29, 0.717) is 24.7 Å². The monoisotopic (exact) mass is 386 g/mol. The van der Waals surface area contributed by atoms with Gasteiger partial charge in [-0.15, -0.1) is 0 Å². The molecule has 1 aromatic heterocycles. The molecule has 4 rings (SSSR count). The second-order valence-electron chi connectivity index (χ2n) is 7.83. The number of halogens is 1. The Hall–Kier alpha value is -2.57. The average molecular weight is 386 g/mol. The Morgan fingerprint density at radius 2 is 2.18 bits per heavy atom. The van der Waals surface area contributed by atoms with Gasteiger partial charge in [0.05, 0.1) is 12.2 Å². The standard InChI is InChI=1S/C21H27FN4O2/c1-25(14-18-16-6-2-5-9-20(16)28-24-18)21(27)23-12-15-10-11-26(13-15)19-8-4-3-7-17(19)22/h3-4,7-8,15H,2,5-6,9-14H2,1H3,(H,23,27). The Morgan fingerprint density at radius 1 is 1.36 bits per heavy atom. The molecule has 1 N–H and O–H groups in total. The fourth-order valence-corrected chi connectivity index (χ4v) is 4.16. The van der Waals surface area contributed by atoms with Crippen molar-refractivity contribution in [3.63, 3.8) is 0 Å². The van der Waals surface area contributed by atoms with E-state index in [1.165, 1.54) is 11.6 Å². The predicted molar refractivity (Wildman–Crippen MR) is 105 cm³/mol. The lowest BCUT2D eigenvalue weighted by Crippen LogP contribution is -2.40. The molecule has 2 aliphatic rings. The minimum absolute atomic E-state index is 0.114. The fourth-order valence-electron chi connectivity index (χ4n) is 4.16. The highest BCUT2D eigenvalue weighted by Gasteiger charge is 2.26. The van der Waals surface area contributed by atoms with Crippen LogP contribution in [-0.4, -0.2) is 42.8 Å². The molecule has 0 radical (unpaired) electrons. The number of hydrogen-bond donors (Lipinski definition) is 1. The fraction of sp³-hybridized carbons (Fsp3) is 0.524. The van der Waals surface area contributed by atoms with Gasteiger partial charge in [0.15, 0.2) is 0 Å². The van der Waals surface area contributed by atoms with E-state index >= 15 is 0 Å². The Labute approximate surface area is 164 Å². The molecule has 0 bridgehead atoms. The normalized spacial score (nSPS) is 18.8. The third-order valence-corrected chi connectivity index (χ3v) is 5.79. The largest absolute Gasteiger partial charge is 0.369 e. The van der Waals surface area contributed by atoms with Crippen LogP contribution < -0.4 is 10.2 Å². The van der Waals surface area contributed by atoms with Crippen LogP contribution >= 0.6 is 0 Å². The summed E-state index contributed by atoms with van der Waals surface area (Å²) in [5.41, 5.74) is 2.70. The van der Waals surface area contributed by atoms with Gasteiger partial charge in [-0.3, -0.25) is 0 Å². The van der Waals surface area contributed by atoms with Crippen LogP contribution in [0.15, 0.2) is 28.8 Å². The number of urea groups is 1. The second-order valence-corrected chi connectivity index (χ2v) is 7.83. The zero-order valence-electron chi connectivity index (χ0n) is 16.3. The molecule has 150 valence electrons. The van der Waals surface area contributed by atoms with E-state index in [1.807, 2.05) is 12.1 Å². The molecule has 0 spiro atoms. The molecule has 6 nitrogen and oxygen atoms in total. The van der Waals surface area contributed by atoms with Crippen molar-refractivity contribution in [1.82, 2.24) is 15.4 Å². The smallest absolute Gasteiger partial charge is 0.317 e. The van der Waals surface area contributed by atoms with Gasteiger partial charge in [-0.05, 0) is 43.7 Å². The van der Waals surface area contributed by atoms with Crippen molar-refractivity contribution in [3.8, 4) is 0 Å². The van der Waals surface area contributed by atoms with E-state index in [9.17, 15) is 9.18 Å². The van der Waals surface area contributed by atoms with Gasteiger partial charge in [-0.25, -0.2) is 9.18 Å². The van der Waals surface area contributed by atoms with Crippen LogP contribution in [0.2, 0.25) is 0 Å². The summed E-state index contributed by atoms with van der Waals surface area (Å²) in [7, 11) is 1.78. The van der Waals surface area contributed by atoms with Crippen molar-refractivity contribution in [3.05, 3.63) is 47.1 Å². The van der Waals surface area contributed by atoms with Crippen LogP contribution in [0.5, 0.6) is 0 Å². The molecular weight excluding hydrogens is 359 g/mol. The molecule has 2 heterocycles. The first kappa shape index (κ1) is 18.8. The highest BCUT2D eigenvalue weighted by Crippen LogP contribution is 2.26. The van der Waals surface area contributed by atoms with Crippen LogP contribution in [0.1, 0.15) is 36.3 Å². The summed E-state index contributed by atoms with van der Waals surface area (Å²) in [6, 6.07) is 6.74. The quantitative estimate of drug-likeness (QED) is 0.856. The molecule has 1 aliphatic carbocycles. The number of para-hydroxylation sites is 1. The van der Waals surface area contributed by atoms with E-state index in [1.54, 1.807) is 18.0 Å².